The highest BCUT2D eigenvalue weighted by molar-refractivity contribution is 7.99. The van der Waals surface area contributed by atoms with Crippen LogP contribution in [0.15, 0.2) is 12.2 Å². The van der Waals surface area contributed by atoms with Gasteiger partial charge < -0.3 is 0 Å². The quantitative estimate of drug-likeness (QED) is 0.460. The number of hydrogen-bond donors (Lipinski definition) is 0. The summed E-state index contributed by atoms with van der Waals surface area (Å²) in [7, 11) is 0. The molecule has 0 unspecified atom stereocenters. The first-order chi connectivity index (χ1) is 5.33. The minimum absolute atomic E-state index is 0.957. The highest BCUT2D eigenvalue weighted by Gasteiger charge is 2.16. The lowest BCUT2D eigenvalue weighted by Gasteiger charge is -2.06. The monoisotopic (exact) mass is 170 g/mol. The van der Waals surface area contributed by atoms with Crippen molar-refractivity contribution in [1.29, 1.82) is 0 Å². The van der Waals surface area contributed by atoms with Gasteiger partial charge in [-0.2, -0.15) is 11.8 Å². The second-order valence-electron chi connectivity index (χ2n) is 3.43. The van der Waals surface area contributed by atoms with Crippen LogP contribution in [0.2, 0.25) is 0 Å². The predicted octanol–water partition coefficient (Wildman–Crippen LogP) is 3.49. The summed E-state index contributed by atoms with van der Waals surface area (Å²) in [6.07, 6.45) is 5.31. The molecule has 0 spiro atoms. The molecular weight excluding hydrogens is 152 g/mol. The molecule has 1 fully saturated rings. The Kier molecular flexibility index (Phi) is 4.06. The first-order valence-corrected chi connectivity index (χ1v) is 5.72. The molecule has 11 heavy (non-hydrogen) atoms. The lowest BCUT2D eigenvalue weighted by atomic mass is 10.1. The van der Waals surface area contributed by atoms with Crippen molar-refractivity contribution < 1.29 is 0 Å². The van der Waals surface area contributed by atoms with Crippen molar-refractivity contribution in [3.8, 4) is 0 Å². The maximum Gasteiger partial charge on any atom is -0.00360 e. The highest BCUT2D eigenvalue weighted by atomic mass is 32.2. The minimum Gasteiger partial charge on any atom is -0.162 e. The smallest absolute Gasteiger partial charge is 0.00360 e. The summed E-state index contributed by atoms with van der Waals surface area (Å²) < 4.78 is 0. The summed E-state index contributed by atoms with van der Waals surface area (Å²) in [6, 6.07) is 0. The number of allylic oxidation sites excluding steroid dienone is 1. The van der Waals surface area contributed by atoms with E-state index in [9.17, 15) is 0 Å². The summed E-state index contributed by atoms with van der Waals surface area (Å²) in [4.78, 5) is 0. The molecule has 64 valence electrons. The Balaban J connectivity index is 2.04. The van der Waals surface area contributed by atoms with Crippen molar-refractivity contribution >= 4 is 11.8 Å². The van der Waals surface area contributed by atoms with Crippen LogP contribution in [0, 0.1) is 5.92 Å². The Labute approximate surface area is 74.5 Å². The van der Waals surface area contributed by atoms with Gasteiger partial charge in [0.05, 0.1) is 0 Å². The van der Waals surface area contributed by atoms with Crippen molar-refractivity contribution in [1.82, 2.24) is 0 Å². The second-order valence-corrected chi connectivity index (χ2v) is 4.58. The molecule has 0 aromatic carbocycles. The Morgan fingerprint density at radius 3 is 3.00 bits per heavy atom. The van der Waals surface area contributed by atoms with E-state index in [0.717, 1.165) is 5.92 Å². The SMILES string of the molecule is C=C1CC[C@@H](CSCCC)C1. The van der Waals surface area contributed by atoms with E-state index in [1.54, 1.807) is 0 Å². The zero-order valence-corrected chi connectivity index (χ0v) is 8.25. The maximum atomic E-state index is 4.02. The molecule has 1 saturated carbocycles. The van der Waals surface area contributed by atoms with Crippen molar-refractivity contribution in [2.45, 2.75) is 32.6 Å². The summed E-state index contributed by atoms with van der Waals surface area (Å²) >= 11 is 2.11. The molecule has 0 radical (unpaired) electrons. The zero-order valence-electron chi connectivity index (χ0n) is 7.44. The van der Waals surface area contributed by atoms with Gasteiger partial charge in [-0.1, -0.05) is 19.1 Å². The molecule has 1 heteroatoms. The fraction of sp³-hybridized carbons (Fsp3) is 0.800. The first-order valence-electron chi connectivity index (χ1n) is 4.57. The van der Waals surface area contributed by atoms with Gasteiger partial charge in [-0.3, -0.25) is 0 Å². The lowest BCUT2D eigenvalue weighted by molar-refractivity contribution is 0.631. The third-order valence-corrected chi connectivity index (χ3v) is 3.59. The third kappa shape index (κ3) is 3.33. The third-order valence-electron chi connectivity index (χ3n) is 2.19. The van der Waals surface area contributed by atoms with Gasteiger partial charge in [0.15, 0.2) is 0 Å². The van der Waals surface area contributed by atoms with Gasteiger partial charge in [0.2, 0.25) is 0 Å². The summed E-state index contributed by atoms with van der Waals surface area (Å²) in [6.45, 7) is 6.27. The normalized spacial score (nSPS) is 24.5. The van der Waals surface area contributed by atoms with Crippen LogP contribution in [0.3, 0.4) is 0 Å². The average Bonchev–Trinajstić information content (AvgIpc) is 2.37. The van der Waals surface area contributed by atoms with Crippen LogP contribution in [-0.2, 0) is 0 Å². The van der Waals surface area contributed by atoms with Gasteiger partial charge >= 0.3 is 0 Å². The molecule has 0 aliphatic heterocycles. The van der Waals surface area contributed by atoms with Crippen LogP contribution in [0.5, 0.6) is 0 Å². The lowest BCUT2D eigenvalue weighted by Crippen LogP contribution is -1.97. The van der Waals surface area contributed by atoms with E-state index < -0.39 is 0 Å². The molecule has 1 rings (SSSR count). The van der Waals surface area contributed by atoms with Crippen molar-refractivity contribution in [2.75, 3.05) is 11.5 Å². The van der Waals surface area contributed by atoms with Crippen LogP contribution >= 0.6 is 11.8 Å². The molecule has 0 aromatic heterocycles. The van der Waals surface area contributed by atoms with Crippen molar-refractivity contribution in [3.05, 3.63) is 12.2 Å². The van der Waals surface area contributed by atoms with E-state index >= 15 is 0 Å². The van der Waals surface area contributed by atoms with Crippen LogP contribution in [0.4, 0.5) is 0 Å². The van der Waals surface area contributed by atoms with Crippen molar-refractivity contribution in [2.24, 2.45) is 5.92 Å². The van der Waals surface area contributed by atoms with Crippen LogP contribution in [0.1, 0.15) is 32.6 Å². The first kappa shape index (κ1) is 9.18. The van der Waals surface area contributed by atoms with Gasteiger partial charge in [0.1, 0.15) is 0 Å². The molecule has 0 bridgehead atoms. The van der Waals surface area contributed by atoms with Gasteiger partial charge in [-0.05, 0) is 43.1 Å². The fourth-order valence-corrected chi connectivity index (χ4v) is 2.63. The molecular formula is C10H18S. The molecule has 0 aromatic rings. The van der Waals surface area contributed by atoms with E-state index in [0.29, 0.717) is 0 Å². The number of thioether (sulfide) groups is 1. The van der Waals surface area contributed by atoms with Gasteiger partial charge in [0.25, 0.3) is 0 Å². The molecule has 1 aliphatic rings. The fourth-order valence-electron chi connectivity index (χ4n) is 1.56. The topological polar surface area (TPSA) is 0 Å². The van der Waals surface area contributed by atoms with Gasteiger partial charge in [0, 0.05) is 0 Å². The molecule has 0 heterocycles. The summed E-state index contributed by atoms with van der Waals surface area (Å²) in [5.41, 5.74) is 1.48. The standard InChI is InChI=1S/C10H18S/c1-3-6-11-8-10-5-4-9(2)7-10/h10H,2-8H2,1H3/t10-/m1/s1. The Morgan fingerprint density at radius 1 is 1.64 bits per heavy atom. The largest absolute Gasteiger partial charge is 0.162 e. The summed E-state index contributed by atoms with van der Waals surface area (Å²) in [5, 5.41) is 0. The Bertz CT molecular complexity index is 129. The summed E-state index contributed by atoms with van der Waals surface area (Å²) in [5.74, 6) is 3.66. The van der Waals surface area contributed by atoms with E-state index in [4.69, 9.17) is 0 Å². The molecule has 1 atom stereocenters. The molecule has 0 N–H and O–H groups in total. The van der Waals surface area contributed by atoms with Gasteiger partial charge in [-0.15, -0.1) is 0 Å². The maximum absolute atomic E-state index is 4.02. The molecule has 0 nitrogen and oxygen atoms in total. The van der Waals surface area contributed by atoms with Gasteiger partial charge in [-0.25, -0.2) is 0 Å². The second kappa shape index (κ2) is 4.87. The minimum atomic E-state index is 0.957. The van der Waals surface area contributed by atoms with E-state index in [1.165, 1.54) is 42.8 Å². The number of rotatable bonds is 4. The molecule has 0 saturated heterocycles. The van der Waals surface area contributed by atoms with Crippen LogP contribution < -0.4 is 0 Å². The molecule has 1 aliphatic carbocycles. The zero-order chi connectivity index (χ0) is 8.10. The van der Waals surface area contributed by atoms with E-state index in [2.05, 4.69) is 25.3 Å². The van der Waals surface area contributed by atoms with Crippen LogP contribution in [0.25, 0.3) is 0 Å². The van der Waals surface area contributed by atoms with E-state index in [1.807, 2.05) is 0 Å². The Morgan fingerprint density at radius 2 is 2.45 bits per heavy atom. The van der Waals surface area contributed by atoms with E-state index in [-0.39, 0.29) is 0 Å². The predicted molar refractivity (Wildman–Crippen MR) is 54.1 cm³/mol. The average molecular weight is 170 g/mol. The number of hydrogen-bond acceptors (Lipinski definition) is 1. The van der Waals surface area contributed by atoms with Crippen LogP contribution in [-0.4, -0.2) is 11.5 Å². The highest BCUT2D eigenvalue weighted by Crippen LogP contribution is 2.31. The molecule has 0 amide bonds. The van der Waals surface area contributed by atoms with Crippen molar-refractivity contribution in [3.63, 3.8) is 0 Å². The Hall–Kier alpha value is 0.0900.